The summed E-state index contributed by atoms with van der Waals surface area (Å²) in [5.74, 6) is 0.222. The molecule has 0 aliphatic heterocycles. The molecule has 8 heteroatoms. The molecule has 0 fully saturated rings. The molecule has 0 aromatic heterocycles. The van der Waals surface area contributed by atoms with E-state index in [1.54, 1.807) is 19.1 Å². The average Bonchev–Trinajstić information content (AvgIpc) is 2.79. The number of halogens is 1. The van der Waals surface area contributed by atoms with Crippen molar-refractivity contribution in [3.63, 3.8) is 0 Å². The van der Waals surface area contributed by atoms with Gasteiger partial charge in [0.15, 0.2) is 0 Å². The zero-order valence-corrected chi connectivity index (χ0v) is 21.2. The first kappa shape index (κ1) is 25.0. The molecule has 0 radical (unpaired) electrons. The van der Waals surface area contributed by atoms with Crippen LogP contribution in [0.4, 0.5) is 0 Å². The van der Waals surface area contributed by atoms with Crippen LogP contribution in [0, 0.1) is 6.92 Å². The first-order valence-corrected chi connectivity index (χ1v) is 12.7. The van der Waals surface area contributed by atoms with Crippen LogP contribution >= 0.6 is 15.9 Å². The molecule has 6 nitrogen and oxygen atoms in total. The Bertz CT molecular complexity index is 1200. The third kappa shape index (κ3) is 6.43. The van der Waals surface area contributed by atoms with Crippen molar-refractivity contribution in [1.82, 2.24) is 9.62 Å². The highest BCUT2D eigenvalue weighted by Gasteiger charge is 2.28. The number of carbonyl (C=O) groups is 1. The molecule has 0 unspecified atom stereocenters. The molecule has 1 N–H and O–H groups in total. The molecule has 0 spiro atoms. The average molecular weight is 531 g/mol. The smallest absolute Gasteiger partial charge is 0.243 e. The van der Waals surface area contributed by atoms with Gasteiger partial charge in [0, 0.05) is 11.0 Å². The van der Waals surface area contributed by atoms with Crippen LogP contribution in [0.1, 0.15) is 29.7 Å². The molecule has 1 atom stereocenters. The fourth-order valence-electron chi connectivity index (χ4n) is 3.46. The Kier molecular flexibility index (Phi) is 8.29. The Morgan fingerprint density at radius 3 is 2.33 bits per heavy atom. The van der Waals surface area contributed by atoms with Crippen LogP contribution in [0.5, 0.6) is 5.75 Å². The Hall–Kier alpha value is -2.68. The SMILES string of the molecule is COc1ccc(S(=O)(=O)N(CC(=O)N[C@@H](C)c2ccc(Br)cc2)Cc2ccccc2)cc1C. The van der Waals surface area contributed by atoms with Gasteiger partial charge in [-0.05, 0) is 60.9 Å². The fraction of sp³-hybridized carbons (Fsp3) is 0.240. The summed E-state index contributed by atoms with van der Waals surface area (Å²) in [5.41, 5.74) is 2.42. The third-order valence-electron chi connectivity index (χ3n) is 5.27. The van der Waals surface area contributed by atoms with Gasteiger partial charge < -0.3 is 10.1 Å². The van der Waals surface area contributed by atoms with E-state index < -0.39 is 10.0 Å². The second kappa shape index (κ2) is 11.0. The molecule has 1 amide bonds. The van der Waals surface area contributed by atoms with Crippen LogP contribution in [-0.4, -0.2) is 32.3 Å². The molecule has 3 aromatic rings. The molecular formula is C25H27BrN2O4S. The number of carbonyl (C=O) groups excluding carboxylic acids is 1. The molecule has 174 valence electrons. The van der Waals surface area contributed by atoms with Crippen molar-refractivity contribution in [2.75, 3.05) is 13.7 Å². The van der Waals surface area contributed by atoms with Gasteiger partial charge in [0.2, 0.25) is 15.9 Å². The number of sulfonamides is 1. The summed E-state index contributed by atoms with van der Waals surface area (Å²) in [6.07, 6.45) is 0. The summed E-state index contributed by atoms with van der Waals surface area (Å²) in [5, 5.41) is 2.90. The maximum Gasteiger partial charge on any atom is 0.243 e. The van der Waals surface area contributed by atoms with Gasteiger partial charge in [-0.3, -0.25) is 4.79 Å². The number of nitrogens with one attached hydrogen (secondary N) is 1. The van der Waals surface area contributed by atoms with Crippen molar-refractivity contribution >= 4 is 31.9 Å². The summed E-state index contributed by atoms with van der Waals surface area (Å²) < 4.78 is 34.4. The molecule has 0 aliphatic rings. The topological polar surface area (TPSA) is 75.7 Å². The highest BCUT2D eigenvalue weighted by Crippen LogP contribution is 2.25. The standard InChI is InChI=1S/C25H27BrN2O4S/c1-18-15-23(13-14-24(18)32-3)33(30,31)28(16-20-7-5-4-6-8-20)17-25(29)27-19(2)21-9-11-22(26)12-10-21/h4-15,19H,16-17H2,1-3H3,(H,27,29)/t19-/m0/s1. The van der Waals surface area contributed by atoms with Gasteiger partial charge in [0.1, 0.15) is 5.75 Å². The van der Waals surface area contributed by atoms with Crippen LogP contribution in [0.15, 0.2) is 82.2 Å². The highest BCUT2D eigenvalue weighted by molar-refractivity contribution is 9.10. The Balaban J connectivity index is 1.85. The zero-order valence-electron chi connectivity index (χ0n) is 18.8. The van der Waals surface area contributed by atoms with E-state index in [4.69, 9.17) is 4.74 Å². The second-order valence-corrected chi connectivity index (χ2v) is 10.6. The third-order valence-corrected chi connectivity index (χ3v) is 7.59. The van der Waals surface area contributed by atoms with Gasteiger partial charge >= 0.3 is 0 Å². The normalized spacial score (nSPS) is 12.4. The predicted octanol–water partition coefficient (Wildman–Crippen LogP) is 4.83. The number of rotatable bonds is 9. The largest absolute Gasteiger partial charge is 0.496 e. The van der Waals surface area contributed by atoms with Crippen LogP contribution in [-0.2, 0) is 21.4 Å². The van der Waals surface area contributed by atoms with E-state index in [0.717, 1.165) is 15.6 Å². The number of hydrogen-bond donors (Lipinski definition) is 1. The molecule has 0 heterocycles. The van der Waals surface area contributed by atoms with E-state index in [9.17, 15) is 13.2 Å². The lowest BCUT2D eigenvalue weighted by Crippen LogP contribution is -2.41. The summed E-state index contributed by atoms with van der Waals surface area (Å²) >= 11 is 3.40. The van der Waals surface area contributed by atoms with Gasteiger partial charge in [0.05, 0.1) is 24.6 Å². The van der Waals surface area contributed by atoms with E-state index in [-0.39, 0.29) is 29.9 Å². The molecule has 0 aliphatic carbocycles. The Labute approximate surface area is 203 Å². The first-order chi connectivity index (χ1) is 15.7. The zero-order chi connectivity index (χ0) is 24.0. The quantitative estimate of drug-likeness (QED) is 0.429. The summed E-state index contributed by atoms with van der Waals surface area (Å²) in [7, 11) is -2.40. The van der Waals surface area contributed by atoms with Gasteiger partial charge in [-0.25, -0.2) is 8.42 Å². The molecule has 0 saturated carbocycles. The Morgan fingerprint density at radius 2 is 1.73 bits per heavy atom. The van der Waals surface area contributed by atoms with Crippen LogP contribution in [0.3, 0.4) is 0 Å². The molecule has 33 heavy (non-hydrogen) atoms. The van der Waals surface area contributed by atoms with Crippen molar-refractivity contribution < 1.29 is 17.9 Å². The second-order valence-electron chi connectivity index (χ2n) is 7.73. The minimum atomic E-state index is -3.94. The van der Waals surface area contributed by atoms with Gasteiger partial charge in [-0.15, -0.1) is 0 Å². The van der Waals surface area contributed by atoms with E-state index >= 15 is 0 Å². The van der Waals surface area contributed by atoms with Crippen molar-refractivity contribution in [2.45, 2.75) is 31.3 Å². The van der Waals surface area contributed by atoms with Crippen molar-refractivity contribution in [1.29, 1.82) is 0 Å². The number of nitrogens with zero attached hydrogens (tertiary/aromatic N) is 1. The number of ether oxygens (including phenoxy) is 1. The lowest BCUT2D eigenvalue weighted by Gasteiger charge is -2.24. The molecule has 3 rings (SSSR count). The lowest BCUT2D eigenvalue weighted by atomic mass is 10.1. The fourth-order valence-corrected chi connectivity index (χ4v) is 5.19. The monoisotopic (exact) mass is 530 g/mol. The van der Waals surface area contributed by atoms with E-state index in [1.165, 1.54) is 17.5 Å². The molecule has 0 saturated heterocycles. The van der Waals surface area contributed by atoms with Crippen LogP contribution in [0.2, 0.25) is 0 Å². The minimum absolute atomic E-state index is 0.0777. The summed E-state index contributed by atoms with van der Waals surface area (Å²) in [6.45, 7) is 3.42. The lowest BCUT2D eigenvalue weighted by molar-refractivity contribution is -0.122. The van der Waals surface area contributed by atoms with Crippen molar-refractivity contribution in [3.8, 4) is 5.75 Å². The van der Waals surface area contributed by atoms with Crippen LogP contribution < -0.4 is 10.1 Å². The predicted molar refractivity (Wildman–Crippen MR) is 132 cm³/mol. The van der Waals surface area contributed by atoms with Gasteiger partial charge in [-0.2, -0.15) is 4.31 Å². The maximum atomic E-state index is 13.5. The van der Waals surface area contributed by atoms with E-state index in [1.807, 2.05) is 61.5 Å². The number of benzene rings is 3. The minimum Gasteiger partial charge on any atom is -0.496 e. The number of aryl methyl sites for hydroxylation is 1. The van der Waals surface area contributed by atoms with Crippen molar-refractivity contribution in [2.24, 2.45) is 0 Å². The van der Waals surface area contributed by atoms with Crippen LogP contribution in [0.25, 0.3) is 0 Å². The van der Waals surface area contributed by atoms with E-state index in [0.29, 0.717) is 11.3 Å². The summed E-state index contributed by atoms with van der Waals surface area (Å²) in [4.78, 5) is 13.0. The summed E-state index contributed by atoms with van der Waals surface area (Å²) in [6, 6.07) is 21.3. The number of hydrogen-bond acceptors (Lipinski definition) is 4. The molecule has 0 bridgehead atoms. The number of methoxy groups -OCH3 is 1. The molecular weight excluding hydrogens is 504 g/mol. The maximum absolute atomic E-state index is 13.5. The van der Waals surface area contributed by atoms with Gasteiger partial charge in [0.25, 0.3) is 0 Å². The Morgan fingerprint density at radius 1 is 1.06 bits per heavy atom. The van der Waals surface area contributed by atoms with Crippen molar-refractivity contribution in [3.05, 3.63) is 94.0 Å². The first-order valence-electron chi connectivity index (χ1n) is 10.4. The van der Waals surface area contributed by atoms with E-state index in [2.05, 4.69) is 21.2 Å². The highest BCUT2D eigenvalue weighted by atomic mass is 79.9. The number of amides is 1. The van der Waals surface area contributed by atoms with Gasteiger partial charge in [-0.1, -0.05) is 58.4 Å². The molecule has 3 aromatic carbocycles.